The summed E-state index contributed by atoms with van der Waals surface area (Å²) in [6, 6.07) is 59.0. The van der Waals surface area contributed by atoms with E-state index >= 15 is 0 Å². The zero-order valence-electron chi connectivity index (χ0n) is 69.7. The SMILES string of the molecule is Cc1ccc(C2=NN(c3c(F)cc(CC(=O)CS(=O)(=O)c4ccc(Cl)s4)cc3F)C(=O)C2)cc1.Cc1ccc(C2=NN(c3ccc(CC(=O)CS(=O)(=O)c4ccc(Cl)s4)cc3)C(=O)C2)cc1.Cc1ccc(C2=NN(c3ccc(CC(=O)CS(=O)(=O)c4ccc(Cl)s4)cc3Cl)C(=O)C2)cc1.Cc1ccc(C2=NN(c3ccc(CC(=O)CS(=O)(=O)c4ccc(Cl)s4)cc3F)C(=O)C2)cc1. The summed E-state index contributed by atoms with van der Waals surface area (Å²) in [5.74, 6) is -9.17. The number of halogens is 8. The summed E-state index contributed by atoms with van der Waals surface area (Å²) in [6.07, 6.45) is -0.591. The molecule has 132 heavy (non-hydrogen) atoms. The monoisotopic (exact) mass is 2030 g/mol. The Bertz CT molecular complexity index is 6980. The number of benzene rings is 8. The Balaban J connectivity index is 0.000000150. The number of carbonyl (C=O) groups is 8. The normalized spacial score (nSPS) is 14.0. The maximum atomic E-state index is 14.8. The Morgan fingerprint density at radius 3 is 0.894 bits per heavy atom. The van der Waals surface area contributed by atoms with E-state index in [2.05, 4.69) is 20.4 Å². The molecule has 4 aliphatic rings. The minimum absolute atomic E-state index is 0.0113. The Kier molecular flexibility index (Phi) is 31.3. The molecule has 0 N–H and O–H groups in total. The predicted octanol–water partition coefficient (Wildman–Crippen LogP) is 18.8. The molecule has 24 nitrogen and oxygen atoms in total. The highest BCUT2D eigenvalue weighted by atomic mass is 35.5. The van der Waals surface area contributed by atoms with Gasteiger partial charge in [0, 0.05) is 25.7 Å². The van der Waals surface area contributed by atoms with Gasteiger partial charge in [-0.1, -0.05) is 202 Å². The highest BCUT2D eigenvalue weighted by molar-refractivity contribution is 7.95. The molecule has 0 radical (unpaired) electrons. The molecule has 8 heterocycles. The van der Waals surface area contributed by atoms with Gasteiger partial charge in [0.2, 0.25) is 0 Å². The first-order valence-corrected chi connectivity index (χ1v) is 51.3. The number of rotatable bonds is 28. The van der Waals surface area contributed by atoms with Gasteiger partial charge < -0.3 is 0 Å². The topological polar surface area (TPSA) is 336 Å². The molecule has 4 amide bonds. The van der Waals surface area contributed by atoms with Crippen molar-refractivity contribution in [3.8, 4) is 0 Å². The number of sulfone groups is 4. The molecule has 0 atom stereocenters. The van der Waals surface area contributed by atoms with Gasteiger partial charge in [-0.05, 0) is 169 Å². The number of anilines is 4. The first-order chi connectivity index (χ1) is 62.5. The molecule has 0 saturated carbocycles. The van der Waals surface area contributed by atoms with Crippen molar-refractivity contribution in [2.24, 2.45) is 20.4 Å². The molecule has 0 fully saturated rings. The summed E-state index contributed by atoms with van der Waals surface area (Å²) < 4.78 is 145. The second-order valence-corrected chi connectivity index (χ2v) is 46.6. The molecule has 40 heteroatoms. The molecule has 0 spiro atoms. The van der Waals surface area contributed by atoms with Gasteiger partial charge in [-0.25, -0.2) is 51.9 Å². The summed E-state index contributed by atoms with van der Waals surface area (Å²) >= 11 is 33.0. The van der Waals surface area contributed by atoms with Crippen LogP contribution in [0.4, 0.5) is 35.9 Å². The van der Waals surface area contributed by atoms with E-state index in [0.717, 1.165) is 107 Å². The maximum absolute atomic E-state index is 14.8. The minimum Gasteiger partial charge on any atom is -0.298 e. The van der Waals surface area contributed by atoms with E-state index in [-0.39, 0.29) is 100 Å². The highest BCUT2D eigenvalue weighted by Gasteiger charge is 2.35. The van der Waals surface area contributed by atoms with E-state index in [1.54, 1.807) is 54.6 Å². The van der Waals surface area contributed by atoms with Crippen molar-refractivity contribution in [1.82, 2.24) is 0 Å². The fourth-order valence-corrected chi connectivity index (χ4v) is 25.1. The number of hydrogen-bond acceptors (Lipinski definition) is 24. The zero-order valence-corrected chi connectivity index (χ0v) is 80.0. The number of aryl methyl sites for hydroxylation is 4. The summed E-state index contributed by atoms with van der Waals surface area (Å²) in [7, 11) is -15.2. The van der Waals surface area contributed by atoms with E-state index in [1.807, 2.05) is 113 Å². The van der Waals surface area contributed by atoms with Crippen LogP contribution in [0.5, 0.6) is 0 Å². The largest absolute Gasteiger partial charge is 0.298 e. The first-order valence-electron chi connectivity index (χ1n) is 39.5. The lowest BCUT2D eigenvalue weighted by Gasteiger charge is -2.14. The second kappa shape index (κ2) is 42.0. The average Bonchev–Trinajstić information content (AvgIpc) is 1.60. The minimum atomic E-state index is -3.92. The number of hydrazone groups is 4. The fourth-order valence-electron chi connectivity index (χ4n) is 13.5. The molecule has 16 rings (SSSR count). The zero-order chi connectivity index (χ0) is 95.0. The number of amides is 4. The van der Waals surface area contributed by atoms with E-state index in [4.69, 9.17) is 58.0 Å². The Morgan fingerprint density at radius 1 is 0.311 bits per heavy atom. The standard InChI is InChI=1S/C23H18Cl2N2O4S2.C23H17ClF2N2O4S2.C23H18ClFN2O4S2.C23H19ClN2O4S2/c1-14-2-5-16(6-3-14)19-12-22(29)27(26-19)20-7-4-15(11-18(20)24)10-17(28)13-33(30,31)23-9-8-21(25)32-23;1-13-2-4-15(5-3-13)19-11-21(30)28(27-19)23-17(25)9-14(10-18(23)26)8-16(29)12-34(31,32)22-7-6-20(24)33-22;1-14-2-5-16(6-3-14)19-12-22(29)27(26-19)20-7-4-15(11-18(20)25)10-17(28)13-33(30,31)23-9-8-21(24)32-23;1-15-2-6-17(7-3-15)20-13-22(28)26(25-20)18-8-4-16(5-9-18)12-19(27)14-32(29,30)23-11-10-21(24)31-23/h2-9,11H,10,12-13H2,1H3;2-7,9-10H,8,11-12H2,1H3;2-9,11H,10,12-13H2,1H3;2-11H,12-14H2,1H3. The van der Waals surface area contributed by atoms with Gasteiger partial charge in [-0.15, -0.1) is 45.3 Å². The number of Topliss-reactive ketones (excluding diaryl/α,β-unsaturated/α-hetero) is 4. The molecular formula is C92H72Cl5F3N8O16S8. The van der Waals surface area contributed by atoms with Crippen LogP contribution < -0.4 is 20.0 Å². The summed E-state index contributed by atoms with van der Waals surface area (Å²) in [4.78, 5) is 99.3. The number of thiophene rings is 4. The van der Waals surface area contributed by atoms with Crippen LogP contribution in [0.1, 0.15) is 92.4 Å². The fraction of sp³-hybridized carbons (Fsp3) is 0.174. The molecule has 8 aromatic carbocycles. The molecule has 12 aromatic rings. The number of ketones is 4. The third-order valence-electron chi connectivity index (χ3n) is 20.0. The summed E-state index contributed by atoms with van der Waals surface area (Å²) in [5, 5.41) is 21.8. The van der Waals surface area contributed by atoms with Gasteiger partial charge >= 0.3 is 0 Å². The lowest BCUT2D eigenvalue weighted by molar-refractivity contribution is -0.117. The van der Waals surface area contributed by atoms with E-state index in [9.17, 15) is 85.2 Å². The summed E-state index contributed by atoms with van der Waals surface area (Å²) in [6.45, 7) is 7.84. The van der Waals surface area contributed by atoms with Crippen molar-refractivity contribution in [3.05, 3.63) is 325 Å². The van der Waals surface area contributed by atoms with Crippen molar-refractivity contribution in [3.63, 3.8) is 0 Å². The predicted molar refractivity (Wildman–Crippen MR) is 510 cm³/mol. The van der Waals surface area contributed by atoms with Gasteiger partial charge in [0.15, 0.2) is 74.1 Å². The Labute approximate surface area is 797 Å². The molecule has 4 aromatic heterocycles. The Hall–Kier alpha value is -11.2. The lowest BCUT2D eigenvalue weighted by atomic mass is 10.1. The van der Waals surface area contributed by atoms with Gasteiger partial charge in [0.25, 0.3) is 23.6 Å². The van der Waals surface area contributed by atoms with Crippen LogP contribution in [0, 0.1) is 45.1 Å². The molecule has 680 valence electrons. The first kappa shape index (κ1) is 98.3. The highest BCUT2D eigenvalue weighted by Crippen LogP contribution is 2.37. The van der Waals surface area contributed by atoms with Crippen molar-refractivity contribution in [1.29, 1.82) is 0 Å². The van der Waals surface area contributed by atoms with E-state index < -0.39 is 121 Å². The van der Waals surface area contributed by atoms with Gasteiger partial charge in [0.05, 0.1) is 82.3 Å². The van der Waals surface area contributed by atoms with Crippen molar-refractivity contribution < 1.29 is 85.2 Å². The quantitative estimate of drug-likeness (QED) is 0.0440. The molecule has 0 aliphatic carbocycles. The number of hydrogen-bond donors (Lipinski definition) is 0. The van der Waals surface area contributed by atoms with Crippen LogP contribution in [-0.4, -0.2) is 126 Å². The van der Waals surface area contributed by atoms with Crippen LogP contribution in [0.2, 0.25) is 22.4 Å². The third kappa shape index (κ3) is 25.0. The van der Waals surface area contributed by atoms with Gasteiger partial charge in [-0.3, -0.25) is 38.4 Å². The smallest absolute Gasteiger partial charge is 0.253 e. The molecule has 0 saturated heterocycles. The maximum Gasteiger partial charge on any atom is 0.253 e. The molecule has 4 aliphatic heterocycles. The molecule has 0 unspecified atom stereocenters. The lowest BCUT2D eigenvalue weighted by Crippen LogP contribution is -2.22. The van der Waals surface area contributed by atoms with Crippen molar-refractivity contribution in [2.45, 2.75) is 95.9 Å². The van der Waals surface area contributed by atoms with Crippen LogP contribution in [0.3, 0.4) is 0 Å². The number of carbonyl (C=O) groups excluding carboxylic acids is 8. The van der Waals surface area contributed by atoms with Crippen LogP contribution in [0.15, 0.2) is 256 Å². The van der Waals surface area contributed by atoms with Crippen LogP contribution in [-0.2, 0) is 103 Å². The molecule has 0 bridgehead atoms. The van der Waals surface area contributed by atoms with Crippen molar-refractivity contribution in [2.75, 3.05) is 43.0 Å². The van der Waals surface area contributed by atoms with Crippen LogP contribution in [0.25, 0.3) is 0 Å². The Morgan fingerprint density at radius 2 is 0.576 bits per heavy atom. The van der Waals surface area contributed by atoms with Crippen molar-refractivity contribution >= 4 is 235 Å². The second-order valence-electron chi connectivity index (χ2n) is 30.5. The average molecular weight is 2040 g/mol. The number of nitrogens with zero attached hydrogens (tertiary/aromatic N) is 8. The van der Waals surface area contributed by atoms with E-state index in [1.165, 1.54) is 70.7 Å². The van der Waals surface area contributed by atoms with Gasteiger partial charge in [0.1, 0.15) is 57.0 Å². The third-order valence-corrected chi connectivity index (χ3v) is 34.3. The van der Waals surface area contributed by atoms with Crippen LogP contribution >= 0.6 is 103 Å². The molecular weight excluding hydrogens is 1960 g/mol. The summed E-state index contributed by atoms with van der Waals surface area (Å²) in [5.41, 5.74) is 11.6. The van der Waals surface area contributed by atoms with Gasteiger partial charge in [-0.2, -0.15) is 35.4 Å². The van der Waals surface area contributed by atoms with E-state index in [0.29, 0.717) is 74.5 Å².